The number of nitrogens with zero attached hydrogens (tertiary/aromatic N) is 2. The number of Topliss-reactive ketones (excluding diaryl/α,β-unsaturated/α-hetero) is 1. The van der Waals surface area contributed by atoms with Crippen LogP contribution in [0.3, 0.4) is 0 Å². The summed E-state index contributed by atoms with van der Waals surface area (Å²) in [5.74, 6) is 0.116. The highest BCUT2D eigenvalue weighted by atomic mass is 16.5. The third-order valence-electron chi connectivity index (χ3n) is 3.16. The molecule has 2 aromatic rings. The zero-order valence-electron chi connectivity index (χ0n) is 12.6. The Balaban J connectivity index is 2.38. The second-order valence-corrected chi connectivity index (χ2v) is 4.85. The molecule has 2 aromatic carbocycles. The summed E-state index contributed by atoms with van der Waals surface area (Å²) in [6.45, 7) is 1.79. The first-order chi connectivity index (χ1) is 11.2. The molecule has 0 saturated heterocycles. The molecule has 0 aliphatic heterocycles. The Hall–Kier alpha value is -3.37. The number of allylic oxidation sites excluding steroid dienone is 1. The Kier molecular flexibility index (Phi) is 5.28. The molecule has 112 valence electrons. The fourth-order valence-electron chi connectivity index (χ4n) is 2.09. The third-order valence-corrected chi connectivity index (χ3v) is 3.16. The van der Waals surface area contributed by atoms with Gasteiger partial charge in [0.25, 0.3) is 0 Å². The first kappa shape index (κ1) is 16.0. The van der Waals surface area contributed by atoms with Crippen LogP contribution in [-0.2, 0) is 0 Å². The topological polar surface area (TPSA) is 73.9 Å². The summed E-state index contributed by atoms with van der Waals surface area (Å²) in [5, 5.41) is 17.9. The Labute approximate surface area is 134 Å². The van der Waals surface area contributed by atoms with Crippen LogP contribution in [0.5, 0.6) is 5.75 Å². The highest BCUT2D eigenvalue weighted by Crippen LogP contribution is 2.22. The lowest BCUT2D eigenvalue weighted by atomic mass is 10.0. The number of aryl methyl sites for hydroxylation is 1. The van der Waals surface area contributed by atoms with E-state index in [1.807, 2.05) is 25.1 Å². The molecule has 0 unspecified atom stereocenters. The van der Waals surface area contributed by atoms with Gasteiger partial charge in [-0.1, -0.05) is 42.0 Å². The van der Waals surface area contributed by atoms with Crippen molar-refractivity contribution in [1.29, 1.82) is 10.5 Å². The fourth-order valence-corrected chi connectivity index (χ4v) is 2.09. The number of rotatable bonds is 5. The molecule has 4 nitrogen and oxygen atoms in total. The highest BCUT2D eigenvalue weighted by Gasteiger charge is 2.13. The van der Waals surface area contributed by atoms with Crippen molar-refractivity contribution in [3.63, 3.8) is 0 Å². The molecule has 0 atom stereocenters. The molecule has 0 spiro atoms. The monoisotopic (exact) mass is 302 g/mol. The number of hydrogen-bond donors (Lipinski definition) is 0. The van der Waals surface area contributed by atoms with E-state index in [1.54, 1.807) is 42.5 Å². The van der Waals surface area contributed by atoms with Crippen molar-refractivity contribution in [2.24, 2.45) is 0 Å². The van der Waals surface area contributed by atoms with E-state index in [2.05, 4.69) is 0 Å². The maximum Gasteiger partial charge on any atom is 0.203 e. The van der Waals surface area contributed by atoms with Gasteiger partial charge in [0.05, 0.1) is 0 Å². The Morgan fingerprint density at radius 2 is 1.96 bits per heavy atom. The van der Waals surface area contributed by atoms with Gasteiger partial charge in [-0.2, -0.15) is 10.5 Å². The first-order valence-electron chi connectivity index (χ1n) is 6.97. The SMILES string of the molecule is Cc1cccc(C(=O)/C(C#N)=C/c2ccccc2OCC#N)c1. The van der Waals surface area contributed by atoms with Crippen molar-refractivity contribution in [2.75, 3.05) is 6.61 Å². The third kappa shape index (κ3) is 4.06. The maximum absolute atomic E-state index is 12.5. The number of ketones is 1. The molecule has 0 saturated carbocycles. The summed E-state index contributed by atoms with van der Waals surface area (Å²) in [6.07, 6.45) is 1.48. The van der Waals surface area contributed by atoms with Gasteiger partial charge in [0.15, 0.2) is 6.61 Å². The van der Waals surface area contributed by atoms with Gasteiger partial charge in [-0.25, -0.2) is 0 Å². The van der Waals surface area contributed by atoms with E-state index in [9.17, 15) is 10.1 Å². The van der Waals surface area contributed by atoms with E-state index >= 15 is 0 Å². The smallest absolute Gasteiger partial charge is 0.203 e. The molecule has 0 aromatic heterocycles. The highest BCUT2D eigenvalue weighted by molar-refractivity contribution is 6.14. The standard InChI is InChI=1S/C19H14N2O2/c1-14-5-4-7-16(11-14)19(22)17(13-21)12-15-6-2-3-8-18(15)23-10-9-20/h2-8,11-12H,10H2,1H3/b17-12+. The average molecular weight is 302 g/mol. The van der Waals surface area contributed by atoms with Crippen molar-refractivity contribution < 1.29 is 9.53 Å². The van der Waals surface area contributed by atoms with Crippen LogP contribution in [0, 0.1) is 29.6 Å². The van der Waals surface area contributed by atoms with Gasteiger partial charge < -0.3 is 4.74 Å². The molecule has 0 heterocycles. The van der Waals surface area contributed by atoms with Crippen molar-refractivity contribution in [3.8, 4) is 17.9 Å². The van der Waals surface area contributed by atoms with Crippen LogP contribution in [0.1, 0.15) is 21.5 Å². The summed E-state index contributed by atoms with van der Waals surface area (Å²) >= 11 is 0. The normalized spacial score (nSPS) is 10.5. The predicted octanol–water partition coefficient (Wildman–Crippen LogP) is 3.69. The van der Waals surface area contributed by atoms with Crippen LogP contribution in [-0.4, -0.2) is 12.4 Å². The van der Waals surface area contributed by atoms with E-state index in [0.29, 0.717) is 16.9 Å². The number of carbonyl (C=O) groups is 1. The lowest BCUT2D eigenvalue weighted by Crippen LogP contribution is -2.03. The summed E-state index contributed by atoms with van der Waals surface area (Å²) in [6, 6.07) is 17.9. The van der Waals surface area contributed by atoms with E-state index in [-0.39, 0.29) is 18.0 Å². The molecule has 0 radical (unpaired) electrons. The van der Waals surface area contributed by atoms with Crippen LogP contribution < -0.4 is 4.74 Å². The molecule has 0 N–H and O–H groups in total. The largest absolute Gasteiger partial charge is 0.478 e. The molecule has 4 heteroatoms. The van der Waals surface area contributed by atoms with E-state index < -0.39 is 0 Å². The van der Waals surface area contributed by atoms with Crippen molar-refractivity contribution in [2.45, 2.75) is 6.92 Å². The predicted molar refractivity (Wildman–Crippen MR) is 86.6 cm³/mol. The zero-order chi connectivity index (χ0) is 16.7. The lowest BCUT2D eigenvalue weighted by molar-refractivity contribution is 0.104. The quantitative estimate of drug-likeness (QED) is 0.479. The Morgan fingerprint density at radius 1 is 1.17 bits per heavy atom. The molecule has 0 aliphatic carbocycles. The second kappa shape index (κ2) is 7.59. The van der Waals surface area contributed by atoms with E-state index in [4.69, 9.17) is 10.00 Å². The Morgan fingerprint density at radius 3 is 2.65 bits per heavy atom. The fraction of sp³-hybridized carbons (Fsp3) is 0.105. The number of para-hydroxylation sites is 1. The van der Waals surface area contributed by atoms with Gasteiger partial charge in [-0.3, -0.25) is 4.79 Å². The summed E-state index contributed by atoms with van der Waals surface area (Å²) in [4.78, 5) is 12.5. The van der Waals surface area contributed by atoms with Gasteiger partial charge >= 0.3 is 0 Å². The molecule has 0 fully saturated rings. The van der Waals surface area contributed by atoms with E-state index in [0.717, 1.165) is 5.56 Å². The second-order valence-electron chi connectivity index (χ2n) is 4.85. The molecule has 0 amide bonds. The van der Waals surface area contributed by atoms with Crippen LogP contribution in [0.2, 0.25) is 0 Å². The minimum Gasteiger partial charge on any atom is -0.478 e. The molecule has 0 aliphatic rings. The molecular formula is C19H14N2O2. The minimum absolute atomic E-state index is 0.0172. The lowest BCUT2D eigenvalue weighted by Gasteiger charge is -2.06. The van der Waals surface area contributed by atoms with Gasteiger partial charge in [-0.15, -0.1) is 0 Å². The van der Waals surface area contributed by atoms with Crippen LogP contribution in [0.4, 0.5) is 0 Å². The first-order valence-corrected chi connectivity index (χ1v) is 6.97. The number of benzene rings is 2. The number of ether oxygens (including phenoxy) is 1. The summed E-state index contributed by atoms with van der Waals surface area (Å²) in [5.41, 5.74) is 2.02. The molecule has 23 heavy (non-hydrogen) atoms. The summed E-state index contributed by atoms with van der Waals surface area (Å²) in [7, 11) is 0. The molecule has 2 rings (SSSR count). The number of nitriles is 2. The molecule has 0 bridgehead atoms. The average Bonchev–Trinajstić information content (AvgIpc) is 2.58. The molecular weight excluding hydrogens is 288 g/mol. The Bertz CT molecular complexity index is 839. The van der Waals surface area contributed by atoms with Crippen molar-refractivity contribution >= 4 is 11.9 Å². The van der Waals surface area contributed by atoms with Crippen molar-refractivity contribution in [1.82, 2.24) is 0 Å². The summed E-state index contributed by atoms with van der Waals surface area (Å²) < 4.78 is 5.31. The van der Waals surface area contributed by atoms with Crippen LogP contribution in [0.15, 0.2) is 54.1 Å². The van der Waals surface area contributed by atoms with Gasteiger partial charge in [0, 0.05) is 11.1 Å². The minimum atomic E-state index is -0.341. The van der Waals surface area contributed by atoms with Gasteiger partial charge in [0.1, 0.15) is 23.5 Å². The number of carbonyl (C=O) groups excluding carboxylic acids is 1. The van der Waals surface area contributed by atoms with Gasteiger partial charge in [-0.05, 0) is 25.1 Å². The van der Waals surface area contributed by atoms with Crippen molar-refractivity contribution in [3.05, 3.63) is 70.8 Å². The number of hydrogen-bond acceptors (Lipinski definition) is 4. The van der Waals surface area contributed by atoms with Gasteiger partial charge in [0.2, 0.25) is 5.78 Å². The van der Waals surface area contributed by atoms with Crippen LogP contribution >= 0.6 is 0 Å². The van der Waals surface area contributed by atoms with E-state index in [1.165, 1.54) is 6.08 Å². The zero-order valence-corrected chi connectivity index (χ0v) is 12.6. The van der Waals surface area contributed by atoms with Crippen LogP contribution in [0.25, 0.3) is 6.08 Å². The maximum atomic E-state index is 12.5.